The van der Waals surface area contributed by atoms with Gasteiger partial charge in [0.2, 0.25) is 0 Å². The molecule has 1 heterocycles. The van der Waals surface area contributed by atoms with Gasteiger partial charge in [0.05, 0.1) is 0 Å². The molecule has 0 bridgehead atoms. The molecule has 4 nitrogen and oxygen atoms in total. The lowest BCUT2D eigenvalue weighted by Crippen LogP contribution is -2.43. The van der Waals surface area contributed by atoms with Gasteiger partial charge in [0.15, 0.2) is 6.61 Å². The second-order valence-electron chi connectivity index (χ2n) is 4.77. The molecule has 1 aromatic rings. The molecule has 1 aromatic carbocycles. The summed E-state index contributed by atoms with van der Waals surface area (Å²) >= 11 is 5.77. The van der Waals surface area contributed by atoms with Gasteiger partial charge in [-0.2, -0.15) is 0 Å². The number of carbonyl (C=O) groups excluding carboxylic acids is 1. The number of nitrogens with zero attached hydrogens (tertiary/aromatic N) is 1. The highest BCUT2D eigenvalue weighted by Crippen LogP contribution is 2.17. The number of hydrogen-bond donors (Lipinski definition) is 1. The maximum absolute atomic E-state index is 12.0. The molecule has 1 amide bonds. The summed E-state index contributed by atoms with van der Waals surface area (Å²) in [5, 5.41) is 9.78. The van der Waals surface area contributed by atoms with Crippen LogP contribution in [0.1, 0.15) is 12.8 Å². The minimum Gasteiger partial charge on any atom is -0.484 e. The largest absolute Gasteiger partial charge is 0.484 e. The highest BCUT2D eigenvalue weighted by molar-refractivity contribution is 6.30. The van der Waals surface area contributed by atoms with Crippen molar-refractivity contribution in [2.24, 2.45) is 5.92 Å². The van der Waals surface area contributed by atoms with Crippen LogP contribution in [0.15, 0.2) is 24.3 Å². The average molecular weight is 284 g/mol. The molecule has 0 aliphatic carbocycles. The normalized spacial score (nSPS) is 19.3. The summed E-state index contributed by atoms with van der Waals surface area (Å²) < 4.78 is 5.43. The zero-order valence-electron chi connectivity index (χ0n) is 10.7. The van der Waals surface area contributed by atoms with E-state index in [1.54, 1.807) is 29.2 Å². The third kappa shape index (κ3) is 4.11. The molecule has 19 heavy (non-hydrogen) atoms. The Morgan fingerprint density at radius 2 is 2.16 bits per heavy atom. The van der Waals surface area contributed by atoms with E-state index in [2.05, 4.69) is 0 Å². The zero-order chi connectivity index (χ0) is 13.7. The van der Waals surface area contributed by atoms with E-state index in [4.69, 9.17) is 21.4 Å². The third-order valence-corrected chi connectivity index (χ3v) is 3.56. The fourth-order valence-corrected chi connectivity index (χ4v) is 2.33. The molecule has 2 rings (SSSR count). The molecular formula is C14H18ClNO3. The van der Waals surface area contributed by atoms with Crippen molar-refractivity contribution in [2.45, 2.75) is 12.8 Å². The lowest BCUT2D eigenvalue weighted by Gasteiger charge is -2.31. The van der Waals surface area contributed by atoms with Crippen LogP contribution in [0.5, 0.6) is 5.75 Å². The molecule has 0 aromatic heterocycles. The average Bonchev–Trinajstić information content (AvgIpc) is 2.46. The Labute approximate surface area is 117 Å². The number of piperidine rings is 1. The highest BCUT2D eigenvalue weighted by atomic mass is 35.5. The first-order valence-electron chi connectivity index (χ1n) is 6.46. The summed E-state index contributed by atoms with van der Waals surface area (Å²) in [7, 11) is 0. The van der Waals surface area contributed by atoms with Crippen molar-refractivity contribution in [3.05, 3.63) is 29.3 Å². The van der Waals surface area contributed by atoms with Crippen LogP contribution in [0.3, 0.4) is 0 Å². The van der Waals surface area contributed by atoms with Crippen molar-refractivity contribution >= 4 is 17.5 Å². The van der Waals surface area contributed by atoms with Crippen LogP contribution >= 0.6 is 11.6 Å². The molecule has 0 spiro atoms. The first-order valence-corrected chi connectivity index (χ1v) is 6.84. The SMILES string of the molecule is O=C(COc1ccc(Cl)cc1)N1CCCC(CO)C1. The monoisotopic (exact) mass is 283 g/mol. The number of aliphatic hydroxyl groups is 1. The lowest BCUT2D eigenvalue weighted by molar-refractivity contribution is -0.135. The fraction of sp³-hybridized carbons (Fsp3) is 0.500. The summed E-state index contributed by atoms with van der Waals surface area (Å²) in [6, 6.07) is 6.93. The second-order valence-corrected chi connectivity index (χ2v) is 5.21. The standard InChI is InChI=1S/C14H18ClNO3/c15-12-3-5-13(6-4-12)19-10-14(18)16-7-1-2-11(8-16)9-17/h3-6,11,17H,1-2,7-10H2. The number of aliphatic hydroxyl groups excluding tert-OH is 1. The van der Waals surface area contributed by atoms with Crippen LogP contribution in [0.2, 0.25) is 5.02 Å². The molecule has 1 aliphatic heterocycles. The van der Waals surface area contributed by atoms with Gasteiger partial charge in [0.1, 0.15) is 5.75 Å². The van der Waals surface area contributed by atoms with Crippen LogP contribution in [0.25, 0.3) is 0 Å². The Morgan fingerprint density at radius 3 is 2.84 bits per heavy atom. The van der Waals surface area contributed by atoms with Crippen molar-refractivity contribution < 1.29 is 14.6 Å². The van der Waals surface area contributed by atoms with Gasteiger partial charge >= 0.3 is 0 Å². The molecule has 1 aliphatic rings. The number of hydrogen-bond acceptors (Lipinski definition) is 3. The molecule has 1 atom stereocenters. The van der Waals surface area contributed by atoms with Gasteiger partial charge in [-0.05, 0) is 43.0 Å². The van der Waals surface area contributed by atoms with Crippen molar-refractivity contribution in [3.63, 3.8) is 0 Å². The topological polar surface area (TPSA) is 49.8 Å². The molecule has 0 saturated carbocycles. The van der Waals surface area contributed by atoms with Crippen LogP contribution in [-0.2, 0) is 4.79 Å². The number of amides is 1. The number of halogens is 1. The van der Waals surface area contributed by atoms with Crippen molar-refractivity contribution in [1.82, 2.24) is 4.90 Å². The van der Waals surface area contributed by atoms with E-state index in [0.29, 0.717) is 17.3 Å². The van der Waals surface area contributed by atoms with Crippen molar-refractivity contribution in [2.75, 3.05) is 26.3 Å². The second kappa shape index (κ2) is 6.78. The summed E-state index contributed by atoms with van der Waals surface area (Å²) in [6.45, 7) is 1.54. The summed E-state index contributed by atoms with van der Waals surface area (Å²) in [6.07, 6.45) is 1.93. The van der Waals surface area contributed by atoms with Gasteiger partial charge in [-0.3, -0.25) is 4.79 Å². The molecule has 1 saturated heterocycles. The number of likely N-dealkylation sites (tertiary alicyclic amines) is 1. The molecular weight excluding hydrogens is 266 g/mol. The third-order valence-electron chi connectivity index (χ3n) is 3.31. The summed E-state index contributed by atoms with van der Waals surface area (Å²) in [5.41, 5.74) is 0. The summed E-state index contributed by atoms with van der Waals surface area (Å²) in [4.78, 5) is 13.8. The number of benzene rings is 1. The van der Waals surface area contributed by atoms with E-state index < -0.39 is 0 Å². The lowest BCUT2D eigenvalue weighted by atomic mass is 9.99. The first-order chi connectivity index (χ1) is 9.19. The maximum atomic E-state index is 12.0. The number of rotatable bonds is 4. The molecule has 1 N–H and O–H groups in total. The van der Waals surface area contributed by atoms with E-state index >= 15 is 0 Å². The Kier molecular flexibility index (Phi) is 5.05. The van der Waals surface area contributed by atoms with Gasteiger partial charge in [0, 0.05) is 24.7 Å². The number of ether oxygens (including phenoxy) is 1. The molecule has 1 fully saturated rings. The van der Waals surface area contributed by atoms with Crippen LogP contribution in [0, 0.1) is 5.92 Å². The van der Waals surface area contributed by atoms with Gasteiger partial charge in [-0.1, -0.05) is 11.6 Å². The van der Waals surface area contributed by atoms with E-state index in [1.807, 2.05) is 0 Å². The maximum Gasteiger partial charge on any atom is 0.260 e. The Morgan fingerprint density at radius 1 is 1.42 bits per heavy atom. The van der Waals surface area contributed by atoms with E-state index in [1.165, 1.54) is 0 Å². The predicted octanol–water partition coefficient (Wildman–Crippen LogP) is 1.95. The van der Waals surface area contributed by atoms with Gasteiger partial charge < -0.3 is 14.7 Å². The van der Waals surface area contributed by atoms with Crippen LogP contribution < -0.4 is 4.74 Å². The van der Waals surface area contributed by atoms with E-state index in [-0.39, 0.29) is 25.0 Å². The molecule has 0 radical (unpaired) electrons. The molecule has 1 unspecified atom stereocenters. The summed E-state index contributed by atoms with van der Waals surface area (Å²) in [5.74, 6) is 0.801. The van der Waals surface area contributed by atoms with Crippen molar-refractivity contribution in [1.29, 1.82) is 0 Å². The quantitative estimate of drug-likeness (QED) is 0.919. The van der Waals surface area contributed by atoms with Gasteiger partial charge in [-0.15, -0.1) is 0 Å². The van der Waals surface area contributed by atoms with Crippen LogP contribution in [0.4, 0.5) is 0 Å². The van der Waals surface area contributed by atoms with Crippen molar-refractivity contribution in [3.8, 4) is 5.75 Å². The minimum absolute atomic E-state index is 0.0276. The van der Waals surface area contributed by atoms with Gasteiger partial charge in [0.25, 0.3) is 5.91 Å². The molecule has 104 valence electrons. The van der Waals surface area contributed by atoms with Crippen LogP contribution in [-0.4, -0.2) is 42.2 Å². The number of carbonyl (C=O) groups is 1. The smallest absolute Gasteiger partial charge is 0.260 e. The minimum atomic E-state index is -0.0342. The predicted molar refractivity (Wildman–Crippen MR) is 73.3 cm³/mol. The first kappa shape index (κ1) is 14.2. The molecule has 5 heteroatoms. The van der Waals surface area contributed by atoms with E-state index in [9.17, 15) is 4.79 Å². The van der Waals surface area contributed by atoms with E-state index in [0.717, 1.165) is 19.4 Å². The highest BCUT2D eigenvalue weighted by Gasteiger charge is 2.23. The zero-order valence-corrected chi connectivity index (χ0v) is 11.5. The van der Waals surface area contributed by atoms with Gasteiger partial charge in [-0.25, -0.2) is 0 Å². The fourth-order valence-electron chi connectivity index (χ4n) is 2.21. The Bertz CT molecular complexity index is 421. The Balaban J connectivity index is 1.82. The Hall–Kier alpha value is -1.26.